The lowest BCUT2D eigenvalue weighted by Gasteiger charge is -2.06. The molecule has 0 fully saturated rings. The number of aromatic nitrogens is 1. The number of amides is 1. The lowest BCUT2D eigenvalue weighted by Crippen LogP contribution is -2.26. The summed E-state index contributed by atoms with van der Waals surface area (Å²) < 4.78 is 0.727. The Kier molecular flexibility index (Phi) is 4.93. The Bertz CT molecular complexity index is 575. The van der Waals surface area contributed by atoms with Gasteiger partial charge in [-0.05, 0) is 34.0 Å². The van der Waals surface area contributed by atoms with Crippen molar-refractivity contribution in [3.05, 3.63) is 63.3 Å². The Hall–Kier alpha value is -1.39. The number of benzene rings is 1. The molecular weight excluding hydrogens is 328 g/mol. The molecule has 0 radical (unpaired) electrons. The normalized spacial score (nSPS) is 10.2. The highest BCUT2D eigenvalue weighted by Gasteiger charge is 2.11. The second kappa shape index (κ2) is 6.68. The van der Waals surface area contributed by atoms with Gasteiger partial charge in [-0.1, -0.05) is 41.9 Å². The summed E-state index contributed by atoms with van der Waals surface area (Å²) in [5.41, 5.74) is 1.56. The van der Waals surface area contributed by atoms with Crippen molar-refractivity contribution in [3.8, 4) is 0 Å². The van der Waals surface area contributed by atoms with Crippen LogP contribution in [0.4, 0.5) is 0 Å². The molecule has 1 aromatic heterocycles. The Morgan fingerprint density at radius 1 is 1.32 bits per heavy atom. The number of pyridine rings is 1. The van der Waals surface area contributed by atoms with E-state index in [9.17, 15) is 4.79 Å². The van der Waals surface area contributed by atoms with Crippen molar-refractivity contribution in [3.63, 3.8) is 0 Å². The largest absolute Gasteiger partial charge is 0.352 e. The summed E-state index contributed by atoms with van der Waals surface area (Å²) >= 11 is 9.16. The fourth-order valence-corrected chi connectivity index (χ4v) is 2.16. The minimum atomic E-state index is -0.213. The lowest BCUT2D eigenvalue weighted by molar-refractivity contribution is 0.0954. The molecule has 19 heavy (non-hydrogen) atoms. The number of hydrogen-bond acceptors (Lipinski definition) is 2. The number of nitrogens with zero attached hydrogens (tertiary/aromatic N) is 1. The van der Waals surface area contributed by atoms with Gasteiger partial charge in [-0.25, -0.2) is 4.98 Å². The highest BCUT2D eigenvalue weighted by molar-refractivity contribution is 9.10. The van der Waals surface area contributed by atoms with Gasteiger partial charge in [-0.3, -0.25) is 4.79 Å². The van der Waals surface area contributed by atoms with Gasteiger partial charge in [0.05, 0.1) is 5.56 Å². The first-order valence-electron chi connectivity index (χ1n) is 5.80. The van der Waals surface area contributed by atoms with Crippen LogP contribution in [0.3, 0.4) is 0 Å². The van der Waals surface area contributed by atoms with E-state index in [0.717, 1.165) is 10.9 Å². The molecule has 0 aliphatic rings. The average Bonchev–Trinajstić information content (AvgIpc) is 2.42. The summed E-state index contributed by atoms with van der Waals surface area (Å²) in [5, 5.41) is 3.04. The van der Waals surface area contributed by atoms with Gasteiger partial charge in [0.1, 0.15) is 5.15 Å². The number of carbonyl (C=O) groups is 1. The van der Waals surface area contributed by atoms with Gasteiger partial charge in [0.15, 0.2) is 0 Å². The Morgan fingerprint density at radius 2 is 2.05 bits per heavy atom. The molecule has 98 valence electrons. The van der Waals surface area contributed by atoms with Crippen molar-refractivity contribution in [1.82, 2.24) is 10.3 Å². The van der Waals surface area contributed by atoms with E-state index in [1.54, 1.807) is 12.3 Å². The van der Waals surface area contributed by atoms with Crippen molar-refractivity contribution in [2.24, 2.45) is 0 Å². The summed E-state index contributed by atoms with van der Waals surface area (Å²) in [5.74, 6) is -0.213. The van der Waals surface area contributed by atoms with E-state index in [2.05, 4.69) is 26.2 Å². The first kappa shape index (κ1) is 14.0. The number of carbonyl (C=O) groups excluding carboxylic acids is 1. The fraction of sp³-hybridized carbons (Fsp3) is 0.143. The molecule has 1 amide bonds. The highest BCUT2D eigenvalue weighted by Crippen LogP contribution is 2.17. The average molecular weight is 340 g/mol. The molecule has 0 atom stereocenters. The van der Waals surface area contributed by atoms with Crippen molar-refractivity contribution < 1.29 is 4.79 Å². The molecule has 1 N–H and O–H groups in total. The van der Waals surface area contributed by atoms with Crippen molar-refractivity contribution in [1.29, 1.82) is 0 Å². The molecule has 2 rings (SSSR count). The maximum atomic E-state index is 12.0. The van der Waals surface area contributed by atoms with Crippen LogP contribution in [0, 0.1) is 0 Å². The van der Waals surface area contributed by atoms with E-state index in [1.807, 2.05) is 30.3 Å². The summed E-state index contributed by atoms with van der Waals surface area (Å²) in [6, 6.07) is 11.6. The molecule has 0 saturated heterocycles. The van der Waals surface area contributed by atoms with Crippen LogP contribution in [-0.4, -0.2) is 17.4 Å². The molecule has 3 nitrogen and oxygen atoms in total. The zero-order valence-electron chi connectivity index (χ0n) is 10.1. The molecule has 1 aromatic carbocycles. The second-order valence-corrected chi connectivity index (χ2v) is 5.26. The van der Waals surface area contributed by atoms with Gasteiger partial charge in [-0.15, -0.1) is 0 Å². The molecule has 0 unspecified atom stereocenters. The lowest BCUT2D eigenvalue weighted by atomic mass is 10.1. The third kappa shape index (κ3) is 4.04. The van der Waals surface area contributed by atoms with Crippen LogP contribution in [0.15, 0.2) is 47.1 Å². The van der Waals surface area contributed by atoms with Crippen LogP contribution in [0.5, 0.6) is 0 Å². The Labute approximate surface area is 125 Å². The van der Waals surface area contributed by atoms with Gasteiger partial charge in [0.2, 0.25) is 0 Å². The zero-order valence-corrected chi connectivity index (χ0v) is 12.4. The molecule has 2 aromatic rings. The van der Waals surface area contributed by atoms with Gasteiger partial charge in [0, 0.05) is 17.2 Å². The summed E-state index contributed by atoms with van der Waals surface area (Å²) in [4.78, 5) is 15.9. The summed E-state index contributed by atoms with van der Waals surface area (Å²) in [6.07, 6.45) is 2.34. The first-order valence-corrected chi connectivity index (χ1v) is 6.97. The highest BCUT2D eigenvalue weighted by atomic mass is 79.9. The molecule has 1 heterocycles. The zero-order chi connectivity index (χ0) is 13.7. The van der Waals surface area contributed by atoms with E-state index in [4.69, 9.17) is 11.6 Å². The number of nitrogens with one attached hydrogen (secondary N) is 1. The van der Waals surface area contributed by atoms with E-state index in [0.29, 0.717) is 12.1 Å². The van der Waals surface area contributed by atoms with Crippen LogP contribution < -0.4 is 5.32 Å². The van der Waals surface area contributed by atoms with E-state index < -0.39 is 0 Å². The monoisotopic (exact) mass is 338 g/mol. The van der Waals surface area contributed by atoms with E-state index >= 15 is 0 Å². The quantitative estimate of drug-likeness (QED) is 0.867. The molecule has 5 heteroatoms. The molecular formula is C14H12BrClN2O. The van der Waals surface area contributed by atoms with Crippen LogP contribution in [0.2, 0.25) is 5.15 Å². The SMILES string of the molecule is O=C(NCCc1ccccc1)c1cc(Br)cnc1Cl. The molecule has 0 saturated carbocycles. The number of halogens is 2. The molecule has 0 aliphatic heterocycles. The summed E-state index contributed by atoms with van der Waals surface area (Å²) in [7, 11) is 0. The molecule has 0 spiro atoms. The molecule has 0 aliphatic carbocycles. The van der Waals surface area contributed by atoms with Gasteiger partial charge >= 0.3 is 0 Å². The smallest absolute Gasteiger partial charge is 0.254 e. The number of hydrogen-bond donors (Lipinski definition) is 1. The third-order valence-electron chi connectivity index (χ3n) is 2.59. The topological polar surface area (TPSA) is 42.0 Å². The van der Waals surface area contributed by atoms with Crippen LogP contribution in [0.1, 0.15) is 15.9 Å². The number of rotatable bonds is 4. The third-order valence-corrected chi connectivity index (χ3v) is 3.33. The minimum absolute atomic E-state index is 0.209. The maximum absolute atomic E-state index is 12.0. The standard InChI is InChI=1S/C14H12BrClN2O/c15-11-8-12(13(16)18-9-11)14(19)17-7-6-10-4-2-1-3-5-10/h1-5,8-9H,6-7H2,(H,17,19). The van der Waals surface area contributed by atoms with Crippen molar-refractivity contribution >= 4 is 33.4 Å². The Morgan fingerprint density at radius 3 is 2.79 bits per heavy atom. The first-order chi connectivity index (χ1) is 9.16. The van der Waals surface area contributed by atoms with Crippen molar-refractivity contribution in [2.45, 2.75) is 6.42 Å². The van der Waals surface area contributed by atoms with E-state index in [1.165, 1.54) is 5.56 Å². The fourth-order valence-electron chi connectivity index (χ4n) is 1.64. The van der Waals surface area contributed by atoms with Gasteiger partial charge in [0.25, 0.3) is 5.91 Å². The maximum Gasteiger partial charge on any atom is 0.254 e. The van der Waals surface area contributed by atoms with Gasteiger partial charge in [-0.2, -0.15) is 0 Å². The molecule has 0 bridgehead atoms. The van der Waals surface area contributed by atoms with Crippen LogP contribution in [-0.2, 0) is 6.42 Å². The summed E-state index contributed by atoms with van der Waals surface area (Å²) in [6.45, 7) is 0.561. The van der Waals surface area contributed by atoms with Gasteiger partial charge < -0.3 is 5.32 Å². The predicted molar refractivity (Wildman–Crippen MR) is 79.4 cm³/mol. The van der Waals surface area contributed by atoms with Crippen LogP contribution in [0.25, 0.3) is 0 Å². The minimum Gasteiger partial charge on any atom is -0.352 e. The predicted octanol–water partition coefficient (Wildman–Crippen LogP) is 3.47. The second-order valence-electron chi connectivity index (χ2n) is 3.98. The van der Waals surface area contributed by atoms with E-state index in [-0.39, 0.29) is 11.1 Å². The van der Waals surface area contributed by atoms with Crippen LogP contribution >= 0.6 is 27.5 Å². The van der Waals surface area contributed by atoms with Crippen molar-refractivity contribution in [2.75, 3.05) is 6.54 Å². The Balaban J connectivity index is 1.93.